The van der Waals surface area contributed by atoms with E-state index in [0.717, 1.165) is 6.07 Å². The van der Waals surface area contributed by atoms with Crippen molar-refractivity contribution in [2.75, 3.05) is 17.6 Å². The normalized spacial score (nSPS) is 10.4. The Labute approximate surface area is 119 Å². The second-order valence-corrected chi connectivity index (χ2v) is 4.42. The molecule has 1 aromatic carbocycles. The van der Waals surface area contributed by atoms with E-state index in [4.69, 9.17) is 10.8 Å². The first-order chi connectivity index (χ1) is 9.95. The van der Waals surface area contributed by atoms with E-state index in [0.29, 0.717) is 12.0 Å². The third-order valence-electron chi connectivity index (χ3n) is 2.77. The maximum absolute atomic E-state index is 13.0. The smallest absolute Gasteiger partial charge is 0.339 e. The Morgan fingerprint density at radius 2 is 1.90 bits per heavy atom. The van der Waals surface area contributed by atoms with Crippen LogP contribution >= 0.6 is 0 Å². The van der Waals surface area contributed by atoms with E-state index < -0.39 is 17.6 Å². The summed E-state index contributed by atoms with van der Waals surface area (Å²) in [7, 11) is 0. The fourth-order valence-corrected chi connectivity index (χ4v) is 1.87. The molecule has 1 heterocycles. The van der Waals surface area contributed by atoms with Crippen LogP contribution in [0, 0.1) is 11.6 Å². The molecule has 21 heavy (non-hydrogen) atoms. The molecule has 0 amide bonds. The summed E-state index contributed by atoms with van der Waals surface area (Å²) >= 11 is 0. The number of rotatable bonds is 5. The summed E-state index contributed by atoms with van der Waals surface area (Å²) in [5, 5.41) is 11.9. The Bertz CT molecular complexity index is 657. The minimum Gasteiger partial charge on any atom is -0.478 e. The molecule has 0 spiro atoms. The third kappa shape index (κ3) is 3.88. The van der Waals surface area contributed by atoms with Crippen molar-refractivity contribution in [2.45, 2.75) is 6.42 Å². The lowest BCUT2D eigenvalue weighted by atomic mass is 10.1. The van der Waals surface area contributed by atoms with Crippen molar-refractivity contribution in [3.8, 4) is 0 Å². The van der Waals surface area contributed by atoms with E-state index in [1.165, 1.54) is 24.4 Å². The van der Waals surface area contributed by atoms with Crippen LogP contribution in [0.3, 0.4) is 0 Å². The molecule has 0 bridgehead atoms. The van der Waals surface area contributed by atoms with Gasteiger partial charge in [-0.1, -0.05) is 0 Å². The number of nitrogen functional groups attached to an aromatic ring is 1. The highest BCUT2D eigenvalue weighted by Crippen LogP contribution is 2.16. The van der Waals surface area contributed by atoms with Gasteiger partial charge in [0, 0.05) is 12.6 Å². The van der Waals surface area contributed by atoms with Gasteiger partial charge in [0.2, 0.25) is 0 Å². The predicted octanol–water partition coefficient (Wildman–Crippen LogP) is 2.29. The average Bonchev–Trinajstić information content (AvgIpc) is 2.39. The largest absolute Gasteiger partial charge is 0.478 e. The fraction of sp³-hybridized carbons (Fsp3) is 0.143. The van der Waals surface area contributed by atoms with Crippen LogP contribution in [0.2, 0.25) is 0 Å². The third-order valence-corrected chi connectivity index (χ3v) is 2.77. The molecule has 7 heteroatoms. The maximum Gasteiger partial charge on any atom is 0.339 e. The van der Waals surface area contributed by atoms with Crippen LogP contribution in [0.1, 0.15) is 15.9 Å². The second-order valence-electron chi connectivity index (χ2n) is 4.42. The van der Waals surface area contributed by atoms with Gasteiger partial charge in [0.15, 0.2) is 0 Å². The highest BCUT2D eigenvalue weighted by Gasteiger charge is 2.11. The van der Waals surface area contributed by atoms with Gasteiger partial charge in [-0.05, 0) is 30.2 Å². The lowest BCUT2D eigenvalue weighted by Crippen LogP contribution is -2.12. The Morgan fingerprint density at radius 1 is 1.24 bits per heavy atom. The number of aromatic nitrogens is 1. The van der Waals surface area contributed by atoms with Gasteiger partial charge >= 0.3 is 5.97 Å². The molecule has 0 saturated heterocycles. The SMILES string of the molecule is Nc1cnc(NCCc2cc(F)cc(F)c2)c(C(=O)O)c1. The summed E-state index contributed by atoms with van der Waals surface area (Å²) in [6, 6.07) is 4.53. The fourth-order valence-electron chi connectivity index (χ4n) is 1.87. The summed E-state index contributed by atoms with van der Waals surface area (Å²) in [6.07, 6.45) is 1.65. The molecule has 0 aliphatic carbocycles. The zero-order valence-electron chi connectivity index (χ0n) is 10.9. The zero-order chi connectivity index (χ0) is 15.4. The number of carbonyl (C=O) groups is 1. The molecule has 4 N–H and O–H groups in total. The molecular weight excluding hydrogens is 280 g/mol. The van der Waals surface area contributed by atoms with Gasteiger partial charge in [-0.3, -0.25) is 0 Å². The minimum absolute atomic E-state index is 0.0552. The molecule has 1 aromatic heterocycles. The maximum atomic E-state index is 13.0. The van der Waals surface area contributed by atoms with Crippen molar-refractivity contribution in [2.24, 2.45) is 0 Å². The van der Waals surface area contributed by atoms with Crippen LogP contribution in [0.25, 0.3) is 0 Å². The van der Waals surface area contributed by atoms with Gasteiger partial charge in [0.25, 0.3) is 0 Å². The molecule has 0 atom stereocenters. The Hall–Kier alpha value is -2.70. The number of halogens is 2. The van der Waals surface area contributed by atoms with Gasteiger partial charge in [-0.15, -0.1) is 0 Å². The number of carboxylic acids is 1. The number of aromatic carboxylic acids is 1. The average molecular weight is 293 g/mol. The number of hydrogen-bond donors (Lipinski definition) is 3. The predicted molar refractivity (Wildman–Crippen MR) is 74.2 cm³/mol. The topological polar surface area (TPSA) is 88.2 Å². The summed E-state index contributed by atoms with van der Waals surface area (Å²) < 4.78 is 26.1. The molecule has 0 fully saturated rings. The van der Waals surface area contributed by atoms with Gasteiger partial charge in [-0.2, -0.15) is 0 Å². The summed E-state index contributed by atoms with van der Waals surface area (Å²) in [5.74, 6) is -2.30. The van der Waals surface area contributed by atoms with Crippen molar-refractivity contribution in [3.05, 3.63) is 53.2 Å². The van der Waals surface area contributed by atoms with Crippen LogP contribution < -0.4 is 11.1 Å². The standard InChI is InChI=1S/C14H13F2N3O2/c15-9-3-8(4-10(16)5-9)1-2-18-13-12(14(20)21)6-11(17)7-19-13/h3-7H,1-2,17H2,(H,18,19)(H,20,21). The van der Waals surface area contributed by atoms with Crippen molar-refractivity contribution < 1.29 is 18.7 Å². The van der Waals surface area contributed by atoms with E-state index in [-0.39, 0.29) is 23.6 Å². The van der Waals surface area contributed by atoms with Crippen LogP contribution in [-0.4, -0.2) is 22.6 Å². The van der Waals surface area contributed by atoms with E-state index in [2.05, 4.69) is 10.3 Å². The molecule has 0 aliphatic heterocycles. The van der Waals surface area contributed by atoms with Crippen LogP contribution in [-0.2, 0) is 6.42 Å². The highest BCUT2D eigenvalue weighted by molar-refractivity contribution is 5.94. The number of nitrogens with zero attached hydrogens (tertiary/aromatic N) is 1. The second kappa shape index (κ2) is 6.17. The molecule has 0 unspecified atom stereocenters. The minimum atomic E-state index is -1.16. The molecular formula is C14H13F2N3O2. The number of benzene rings is 1. The molecule has 110 valence electrons. The lowest BCUT2D eigenvalue weighted by molar-refractivity contribution is 0.0697. The van der Waals surface area contributed by atoms with Crippen LogP contribution in [0.5, 0.6) is 0 Å². The van der Waals surface area contributed by atoms with E-state index >= 15 is 0 Å². The first-order valence-electron chi connectivity index (χ1n) is 6.13. The zero-order valence-corrected chi connectivity index (χ0v) is 10.9. The monoisotopic (exact) mass is 293 g/mol. The van der Waals surface area contributed by atoms with Crippen molar-refractivity contribution in [3.63, 3.8) is 0 Å². The molecule has 5 nitrogen and oxygen atoms in total. The lowest BCUT2D eigenvalue weighted by Gasteiger charge is -2.09. The van der Waals surface area contributed by atoms with E-state index in [1.807, 2.05) is 0 Å². The van der Waals surface area contributed by atoms with Gasteiger partial charge in [-0.25, -0.2) is 18.6 Å². The van der Waals surface area contributed by atoms with Gasteiger partial charge in [0.05, 0.1) is 11.9 Å². The number of anilines is 2. The number of pyridine rings is 1. The summed E-state index contributed by atoms with van der Waals surface area (Å²) in [6.45, 7) is 0.278. The van der Waals surface area contributed by atoms with E-state index in [9.17, 15) is 13.6 Å². The Kier molecular flexibility index (Phi) is 4.32. The molecule has 0 aliphatic rings. The Morgan fingerprint density at radius 3 is 2.52 bits per heavy atom. The molecule has 2 aromatic rings. The quantitative estimate of drug-likeness (QED) is 0.787. The number of hydrogen-bond acceptors (Lipinski definition) is 4. The van der Waals surface area contributed by atoms with Crippen LogP contribution in [0.15, 0.2) is 30.5 Å². The van der Waals surface area contributed by atoms with Crippen LogP contribution in [0.4, 0.5) is 20.3 Å². The first-order valence-corrected chi connectivity index (χ1v) is 6.13. The number of nitrogens with two attached hydrogens (primary N) is 1. The Balaban J connectivity index is 2.05. The highest BCUT2D eigenvalue weighted by atomic mass is 19.1. The summed E-state index contributed by atoms with van der Waals surface area (Å²) in [5.41, 5.74) is 6.13. The van der Waals surface area contributed by atoms with Crippen molar-refractivity contribution in [1.82, 2.24) is 4.98 Å². The summed E-state index contributed by atoms with van der Waals surface area (Å²) in [4.78, 5) is 15.0. The van der Waals surface area contributed by atoms with Gasteiger partial charge < -0.3 is 16.2 Å². The van der Waals surface area contributed by atoms with Crippen molar-refractivity contribution >= 4 is 17.5 Å². The van der Waals surface area contributed by atoms with Gasteiger partial charge in [0.1, 0.15) is 23.0 Å². The molecule has 2 rings (SSSR count). The number of carboxylic acid groups (broad SMARTS) is 1. The molecule has 0 radical (unpaired) electrons. The van der Waals surface area contributed by atoms with E-state index in [1.54, 1.807) is 0 Å². The number of nitrogens with one attached hydrogen (secondary N) is 1. The molecule has 0 saturated carbocycles. The first kappa shape index (κ1) is 14.7. The van der Waals surface area contributed by atoms with Crippen molar-refractivity contribution in [1.29, 1.82) is 0 Å².